The van der Waals surface area contributed by atoms with E-state index in [2.05, 4.69) is 29.2 Å². The number of likely N-dealkylation sites (tertiary alicyclic amines) is 1. The Labute approximate surface area is 117 Å². The molecule has 0 radical (unpaired) electrons. The van der Waals surface area contributed by atoms with Crippen LogP contribution in [0.4, 0.5) is 0 Å². The van der Waals surface area contributed by atoms with Gasteiger partial charge in [0.25, 0.3) is 0 Å². The van der Waals surface area contributed by atoms with Gasteiger partial charge in [0.2, 0.25) is 0 Å². The highest BCUT2D eigenvalue weighted by Crippen LogP contribution is 2.15. The van der Waals surface area contributed by atoms with E-state index in [9.17, 15) is 0 Å². The Hall–Kier alpha value is -0.870. The first-order valence-corrected chi connectivity index (χ1v) is 7.64. The molecule has 1 unspecified atom stereocenters. The number of hydrogen-bond acceptors (Lipinski definition) is 3. The molecule has 2 rings (SSSR count). The molecule has 0 bridgehead atoms. The van der Waals surface area contributed by atoms with Crippen LogP contribution in [0.15, 0.2) is 18.5 Å². The lowest BCUT2D eigenvalue weighted by molar-refractivity contribution is 0.307. The van der Waals surface area contributed by atoms with E-state index in [1.54, 1.807) is 0 Å². The molecule has 4 nitrogen and oxygen atoms in total. The first-order valence-electron chi connectivity index (χ1n) is 7.64. The number of aryl methyl sites for hydroxylation is 1. The quantitative estimate of drug-likeness (QED) is 0.778. The molecule has 1 N–H and O–H groups in total. The molecule has 108 valence electrons. The van der Waals surface area contributed by atoms with Crippen LogP contribution in [-0.4, -0.2) is 47.4 Å². The maximum atomic E-state index is 4.24. The average molecular weight is 264 g/mol. The van der Waals surface area contributed by atoms with Crippen molar-refractivity contribution in [2.45, 2.75) is 33.2 Å². The molecule has 1 atom stereocenters. The fourth-order valence-corrected chi connectivity index (χ4v) is 2.75. The smallest absolute Gasteiger partial charge is 0.0489 e. The summed E-state index contributed by atoms with van der Waals surface area (Å²) in [6.07, 6.45) is 6.45. The van der Waals surface area contributed by atoms with E-state index in [1.165, 1.54) is 39.0 Å². The van der Waals surface area contributed by atoms with Crippen molar-refractivity contribution >= 4 is 0 Å². The van der Waals surface area contributed by atoms with Crippen molar-refractivity contribution in [1.29, 1.82) is 0 Å². The molecule has 0 spiro atoms. The SMILES string of the molecule is CC(C)CNCC1CCN(CCCn2cccn2)C1. The number of rotatable bonds is 8. The van der Waals surface area contributed by atoms with Crippen molar-refractivity contribution < 1.29 is 0 Å². The Morgan fingerprint density at radius 3 is 3.00 bits per heavy atom. The third-order valence-electron chi connectivity index (χ3n) is 3.78. The molecule has 0 amide bonds. The van der Waals surface area contributed by atoms with Crippen LogP contribution in [0, 0.1) is 11.8 Å². The molecular weight excluding hydrogens is 236 g/mol. The zero-order valence-corrected chi connectivity index (χ0v) is 12.4. The molecule has 4 heteroatoms. The second-order valence-corrected chi connectivity index (χ2v) is 6.13. The van der Waals surface area contributed by atoms with Gasteiger partial charge in [0.15, 0.2) is 0 Å². The summed E-state index contributed by atoms with van der Waals surface area (Å²) in [6.45, 7) is 11.7. The Kier molecular flexibility index (Phi) is 5.86. The predicted molar refractivity (Wildman–Crippen MR) is 79.1 cm³/mol. The van der Waals surface area contributed by atoms with Gasteiger partial charge in [-0.1, -0.05) is 13.8 Å². The maximum absolute atomic E-state index is 4.24. The Morgan fingerprint density at radius 2 is 2.26 bits per heavy atom. The highest BCUT2D eigenvalue weighted by atomic mass is 15.3. The molecule has 19 heavy (non-hydrogen) atoms. The molecule has 0 aliphatic carbocycles. The number of nitrogens with one attached hydrogen (secondary N) is 1. The van der Waals surface area contributed by atoms with Gasteiger partial charge in [-0.2, -0.15) is 5.10 Å². The fraction of sp³-hybridized carbons (Fsp3) is 0.800. The summed E-state index contributed by atoms with van der Waals surface area (Å²) >= 11 is 0. The van der Waals surface area contributed by atoms with E-state index in [4.69, 9.17) is 0 Å². The zero-order chi connectivity index (χ0) is 13.5. The normalized spacial score (nSPS) is 20.5. The van der Waals surface area contributed by atoms with Crippen LogP contribution >= 0.6 is 0 Å². The molecule has 0 aromatic carbocycles. The largest absolute Gasteiger partial charge is 0.316 e. The van der Waals surface area contributed by atoms with Gasteiger partial charge in [-0.3, -0.25) is 4.68 Å². The van der Waals surface area contributed by atoms with Gasteiger partial charge in [0.05, 0.1) is 0 Å². The summed E-state index contributed by atoms with van der Waals surface area (Å²) < 4.78 is 2.03. The van der Waals surface area contributed by atoms with Crippen LogP contribution in [0.25, 0.3) is 0 Å². The van der Waals surface area contributed by atoms with Crippen molar-refractivity contribution in [2.24, 2.45) is 11.8 Å². The third-order valence-corrected chi connectivity index (χ3v) is 3.78. The lowest BCUT2D eigenvalue weighted by Gasteiger charge is -2.16. The van der Waals surface area contributed by atoms with Gasteiger partial charge in [-0.15, -0.1) is 0 Å². The van der Waals surface area contributed by atoms with E-state index >= 15 is 0 Å². The van der Waals surface area contributed by atoms with Crippen LogP contribution in [0.1, 0.15) is 26.7 Å². The minimum atomic E-state index is 0.756. The Balaban J connectivity index is 1.54. The van der Waals surface area contributed by atoms with E-state index in [1.807, 2.05) is 23.1 Å². The summed E-state index contributed by atoms with van der Waals surface area (Å²) in [5.74, 6) is 1.61. The van der Waals surface area contributed by atoms with Gasteiger partial charge in [0.1, 0.15) is 0 Å². The van der Waals surface area contributed by atoms with Crippen LogP contribution in [0.3, 0.4) is 0 Å². The number of hydrogen-bond donors (Lipinski definition) is 1. The molecule has 1 fully saturated rings. The summed E-state index contributed by atoms with van der Waals surface area (Å²) in [5.41, 5.74) is 0. The van der Waals surface area contributed by atoms with E-state index in [0.29, 0.717) is 0 Å². The average Bonchev–Trinajstić information content (AvgIpc) is 3.00. The third kappa shape index (κ3) is 5.33. The van der Waals surface area contributed by atoms with Crippen molar-refractivity contribution in [3.63, 3.8) is 0 Å². The predicted octanol–water partition coefficient (Wildman–Crippen LogP) is 1.84. The van der Waals surface area contributed by atoms with Crippen LogP contribution < -0.4 is 5.32 Å². The van der Waals surface area contributed by atoms with Crippen molar-refractivity contribution in [3.8, 4) is 0 Å². The topological polar surface area (TPSA) is 33.1 Å². The summed E-state index contributed by atoms with van der Waals surface area (Å²) in [7, 11) is 0. The van der Waals surface area contributed by atoms with Gasteiger partial charge >= 0.3 is 0 Å². The zero-order valence-electron chi connectivity index (χ0n) is 12.4. The summed E-state index contributed by atoms with van der Waals surface area (Å²) in [4.78, 5) is 2.60. The molecule has 1 aliphatic rings. The second-order valence-electron chi connectivity index (χ2n) is 6.13. The molecule has 0 saturated carbocycles. The standard InChI is InChI=1S/C15H28N4/c1-14(2)11-16-12-15-5-10-18(13-15)7-4-9-19-8-3-6-17-19/h3,6,8,14-16H,4-5,7,9-13H2,1-2H3. The first-order chi connectivity index (χ1) is 9.24. The molecule has 1 aromatic heterocycles. The summed E-state index contributed by atoms with van der Waals surface area (Å²) in [6, 6.07) is 1.99. The Morgan fingerprint density at radius 1 is 1.37 bits per heavy atom. The molecule has 1 aromatic rings. The lowest BCUT2D eigenvalue weighted by Crippen LogP contribution is -2.29. The molecular formula is C15H28N4. The number of nitrogens with zero attached hydrogens (tertiary/aromatic N) is 3. The lowest BCUT2D eigenvalue weighted by atomic mass is 10.1. The monoisotopic (exact) mass is 264 g/mol. The Bertz CT molecular complexity index is 334. The van der Waals surface area contributed by atoms with Crippen molar-refractivity contribution in [2.75, 3.05) is 32.7 Å². The molecule has 1 saturated heterocycles. The summed E-state index contributed by atoms with van der Waals surface area (Å²) in [5, 5.41) is 7.83. The van der Waals surface area contributed by atoms with Crippen molar-refractivity contribution in [3.05, 3.63) is 18.5 Å². The minimum Gasteiger partial charge on any atom is -0.316 e. The second kappa shape index (κ2) is 7.65. The van der Waals surface area contributed by atoms with Gasteiger partial charge in [-0.25, -0.2) is 0 Å². The van der Waals surface area contributed by atoms with Gasteiger partial charge in [-0.05, 0) is 56.9 Å². The van der Waals surface area contributed by atoms with Gasteiger partial charge < -0.3 is 10.2 Å². The van der Waals surface area contributed by atoms with Crippen LogP contribution in [0.2, 0.25) is 0 Å². The van der Waals surface area contributed by atoms with Crippen LogP contribution in [0.5, 0.6) is 0 Å². The first kappa shape index (κ1) is 14.5. The fourth-order valence-electron chi connectivity index (χ4n) is 2.75. The van der Waals surface area contributed by atoms with E-state index < -0.39 is 0 Å². The highest BCUT2D eigenvalue weighted by Gasteiger charge is 2.21. The van der Waals surface area contributed by atoms with E-state index in [-0.39, 0.29) is 0 Å². The van der Waals surface area contributed by atoms with Crippen molar-refractivity contribution in [1.82, 2.24) is 20.0 Å². The van der Waals surface area contributed by atoms with E-state index in [0.717, 1.165) is 24.9 Å². The molecule has 2 heterocycles. The maximum Gasteiger partial charge on any atom is 0.0489 e. The number of aromatic nitrogens is 2. The highest BCUT2D eigenvalue weighted by molar-refractivity contribution is 4.79. The van der Waals surface area contributed by atoms with Gasteiger partial charge in [0, 0.05) is 25.5 Å². The molecule has 1 aliphatic heterocycles. The van der Waals surface area contributed by atoms with Crippen LogP contribution in [-0.2, 0) is 6.54 Å². The minimum absolute atomic E-state index is 0.756.